The van der Waals surface area contributed by atoms with Crippen molar-refractivity contribution in [3.63, 3.8) is 0 Å². The van der Waals surface area contributed by atoms with Crippen molar-refractivity contribution in [2.45, 2.75) is 6.10 Å². The maximum absolute atomic E-state index is 9.31. The highest BCUT2D eigenvalue weighted by Crippen LogP contribution is 2.25. The molecule has 4 heteroatoms. The molecule has 0 amide bonds. The fourth-order valence-electron chi connectivity index (χ4n) is 0.913. The molecule has 66 valence electrons. The van der Waals surface area contributed by atoms with Gasteiger partial charge in [0.1, 0.15) is 5.75 Å². The standard InChI is InChI=1S/C8H10ClNO2/c9-7-3-5(11)1-2-6(7)8(12)4-10/h1-3,8,11-12H,4,10H2/t8-/m0/s1. The van der Waals surface area contributed by atoms with Crippen molar-refractivity contribution in [3.8, 4) is 5.75 Å². The molecule has 0 spiro atoms. The van der Waals surface area contributed by atoms with Crippen molar-refractivity contribution in [1.82, 2.24) is 0 Å². The van der Waals surface area contributed by atoms with Gasteiger partial charge in [-0.15, -0.1) is 0 Å². The van der Waals surface area contributed by atoms with Gasteiger partial charge in [0, 0.05) is 12.1 Å². The van der Waals surface area contributed by atoms with Gasteiger partial charge in [0.15, 0.2) is 0 Å². The summed E-state index contributed by atoms with van der Waals surface area (Å²) in [7, 11) is 0. The summed E-state index contributed by atoms with van der Waals surface area (Å²) in [6.45, 7) is 0.116. The van der Waals surface area contributed by atoms with Crippen LogP contribution in [0.4, 0.5) is 0 Å². The molecule has 0 bridgehead atoms. The molecule has 0 aliphatic carbocycles. The largest absolute Gasteiger partial charge is 0.508 e. The van der Waals surface area contributed by atoms with E-state index in [0.29, 0.717) is 10.6 Å². The second kappa shape index (κ2) is 3.76. The number of benzene rings is 1. The van der Waals surface area contributed by atoms with E-state index in [-0.39, 0.29) is 12.3 Å². The fraction of sp³-hybridized carbons (Fsp3) is 0.250. The van der Waals surface area contributed by atoms with Crippen LogP contribution in [0.15, 0.2) is 18.2 Å². The van der Waals surface area contributed by atoms with Crippen molar-refractivity contribution in [2.75, 3.05) is 6.54 Å². The summed E-state index contributed by atoms with van der Waals surface area (Å²) >= 11 is 5.73. The molecule has 1 aromatic carbocycles. The van der Waals surface area contributed by atoms with Crippen LogP contribution in [0.1, 0.15) is 11.7 Å². The Morgan fingerprint density at radius 1 is 1.50 bits per heavy atom. The number of halogens is 1. The molecule has 0 saturated heterocycles. The lowest BCUT2D eigenvalue weighted by atomic mass is 10.1. The van der Waals surface area contributed by atoms with Crippen LogP contribution >= 0.6 is 11.6 Å². The number of aliphatic hydroxyl groups is 1. The van der Waals surface area contributed by atoms with Crippen LogP contribution in [-0.4, -0.2) is 16.8 Å². The van der Waals surface area contributed by atoms with Gasteiger partial charge in [-0.3, -0.25) is 0 Å². The van der Waals surface area contributed by atoms with Crippen LogP contribution in [0.5, 0.6) is 5.75 Å². The predicted octanol–water partition coefficient (Wildman–Crippen LogP) is 1.04. The molecule has 0 aliphatic rings. The molecular weight excluding hydrogens is 178 g/mol. The van der Waals surface area contributed by atoms with Gasteiger partial charge in [0.05, 0.1) is 11.1 Å². The third-order valence-corrected chi connectivity index (χ3v) is 1.89. The number of aromatic hydroxyl groups is 1. The monoisotopic (exact) mass is 187 g/mol. The van der Waals surface area contributed by atoms with E-state index in [1.54, 1.807) is 6.07 Å². The molecule has 0 fully saturated rings. The molecule has 0 unspecified atom stereocenters. The SMILES string of the molecule is NC[C@H](O)c1ccc(O)cc1Cl. The Morgan fingerprint density at radius 3 is 2.67 bits per heavy atom. The van der Waals surface area contributed by atoms with Gasteiger partial charge in [-0.05, 0) is 12.1 Å². The van der Waals surface area contributed by atoms with E-state index in [2.05, 4.69) is 0 Å². The van der Waals surface area contributed by atoms with E-state index in [1.165, 1.54) is 12.1 Å². The number of hydrogen-bond acceptors (Lipinski definition) is 3. The molecule has 0 radical (unpaired) electrons. The molecule has 12 heavy (non-hydrogen) atoms. The molecule has 1 aromatic rings. The van der Waals surface area contributed by atoms with Gasteiger partial charge in [0.2, 0.25) is 0 Å². The third-order valence-electron chi connectivity index (χ3n) is 1.57. The van der Waals surface area contributed by atoms with Crippen molar-refractivity contribution in [3.05, 3.63) is 28.8 Å². The summed E-state index contributed by atoms with van der Waals surface area (Å²) in [4.78, 5) is 0. The second-order valence-corrected chi connectivity index (χ2v) is 2.86. The Kier molecular flexibility index (Phi) is 2.92. The van der Waals surface area contributed by atoms with Crippen molar-refractivity contribution < 1.29 is 10.2 Å². The van der Waals surface area contributed by atoms with E-state index in [9.17, 15) is 5.11 Å². The number of nitrogens with two attached hydrogens (primary N) is 1. The lowest BCUT2D eigenvalue weighted by molar-refractivity contribution is 0.187. The van der Waals surface area contributed by atoms with Crippen LogP contribution in [-0.2, 0) is 0 Å². The second-order valence-electron chi connectivity index (χ2n) is 2.46. The van der Waals surface area contributed by atoms with E-state index in [1.807, 2.05) is 0 Å². The molecule has 0 saturated carbocycles. The van der Waals surface area contributed by atoms with Crippen LogP contribution in [0, 0.1) is 0 Å². The number of phenols is 1. The minimum Gasteiger partial charge on any atom is -0.508 e. The fourth-order valence-corrected chi connectivity index (χ4v) is 1.21. The maximum Gasteiger partial charge on any atom is 0.117 e. The first kappa shape index (κ1) is 9.32. The first-order valence-electron chi connectivity index (χ1n) is 3.51. The molecule has 1 atom stereocenters. The van der Waals surface area contributed by atoms with Crippen molar-refractivity contribution >= 4 is 11.6 Å². The molecule has 0 heterocycles. The van der Waals surface area contributed by atoms with E-state index < -0.39 is 6.10 Å². The number of phenolic OH excluding ortho intramolecular Hbond substituents is 1. The van der Waals surface area contributed by atoms with Crippen molar-refractivity contribution in [1.29, 1.82) is 0 Å². The highest BCUT2D eigenvalue weighted by atomic mass is 35.5. The maximum atomic E-state index is 9.31. The van der Waals surface area contributed by atoms with Crippen LogP contribution in [0.2, 0.25) is 5.02 Å². The minimum atomic E-state index is -0.766. The first-order chi connectivity index (χ1) is 5.65. The zero-order valence-corrected chi connectivity index (χ0v) is 7.12. The molecule has 0 aliphatic heterocycles. The average Bonchev–Trinajstić information content (AvgIpc) is 2.03. The number of aliphatic hydroxyl groups excluding tert-OH is 1. The Labute approximate surface area is 75.4 Å². The van der Waals surface area contributed by atoms with E-state index in [0.717, 1.165) is 0 Å². The normalized spacial score (nSPS) is 12.9. The number of rotatable bonds is 2. The quantitative estimate of drug-likeness (QED) is 0.648. The van der Waals surface area contributed by atoms with Gasteiger partial charge >= 0.3 is 0 Å². The van der Waals surface area contributed by atoms with Gasteiger partial charge in [-0.25, -0.2) is 0 Å². The lowest BCUT2D eigenvalue weighted by Gasteiger charge is -2.09. The summed E-state index contributed by atoms with van der Waals surface area (Å²) in [5.74, 6) is 0.0768. The highest BCUT2D eigenvalue weighted by molar-refractivity contribution is 6.31. The molecular formula is C8H10ClNO2. The van der Waals surface area contributed by atoms with Gasteiger partial charge in [-0.1, -0.05) is 17.7 Å². The van der Waals surface area contributed by atoms with E-state index in [4.69, 9.17) is 22.4 Å². The topological polar surface area (TPSA) is 66.5 Å². The minimum absolute atomic E-state index is 0.0768. The molecule has 0 aromatic heterocycles. The van der Waals surface area contributed by atoms with Crippen LogP contribution in [0.25, 0.3) is 0 Å². The summed E-state index contributed by atoms with van der Waals surface area (Å²) in [5, 5.41) is 18.6. The van der Waals surface area contributed by atoms with Gasteiger partial charge in [0.25, 0.3) is 0 Å². The Morgan fingerprint density at radius 2 is 2.17 bits per heavy atom. The van der Waals surface area contributed by atoms with Gasteiger partial charge in [-0.2, -0.15) is 0 Å². The predicted molar refractivity (Wildman–Crippen MR) is 47.1 cm³/mol. The summed E-state index contributed by atoms with van der Waals surface area (Å²) in [6, 6.07) is 4.38. The Hall–Kier alpha value is -0.770. The third kappa shape index (κ3) is 1.88. The van der Waals surface area contributed by atoms with E-state index >= 15 is 0 Å². The highest BCUT2D eigenvalue weighted by Gasteiger charge is 2.09. The smallest absolute Gasteiger partial charge is 0.117 e. The van der Waals surface area contributed by atoms with Gasteiger partial charge < -0.3 is 15.9 Å². The number of hydrogen-bond donors (Lipinski definition) is 3. The zero-order valence-electron chi connectivity index (χ0n) is 6.37. The summed E-state index contributed by atoms with van der Waals surface area (Å²) < 4.78 is 0. The Bertz CT molecular complexity index is 278. The van der Waals surface area contributed by atoms with Crippen molar-refractivity contribution in [2.24, 2.45) is 5.73 Å². The average molecular weight is 188 g/mol. The lowest BCUT2D eigenvalue weighted by Crippen LogP contribution is -2.11. The molecule has 3 nitrogen and oxygen atoms in total. The van der Waals surface area contributed by atoms with Crippen LogP contribution in [0.3, 0.4) is 0 Å². The molecule has 4 N–H and O–H groups in total. The van der Waals surface area contributed by atoms with Crippen LogP contribution < -0.4 is 5.73 Å². The Balaban J connectivity index is 3.01. The first-order valence-corrected chi connectivity index (χ1v) is 3.89. The summed E-state index contributed by atoms with van der Waals surface area (Å²) in [6.07, 6.45) is -0.766. The zero-order chi connectivity index (χ0) is 9.14. The summed E-state index contributed by atoms with van der Waals surface area (Å²) in [5.41, 5.74) is 5.78. The molecule has 1 rings (SSSR count).